The van der Waals surface area contributed by atoms with Crippen molar-refractivity contribution in [2.24, 2.45) is 0 Å². The van der Waals surface area contributed by atoms with Crippen molar-refractivity contribution in [3.63, 3.8) is 0 Å². The maximum Gasteiger partial charge on any atom is 0.0667 e. The predicted octanol–water partition coefficient (Wildman–Crippen LogP) is 1.39. The predicted molar refractivity (Wildman–Crippen MR) is 80.4 cm³/mol. The second-order valence-corrected chi connectivity index (χ2v) is 5.17. The van der Waals surface area contributed by atoms with E-state index in [-0.39, 0.29) is 19.3 Å². The minimum atomic E-state index is -0.371. The summed E-state index contributed by atoms with van der Waals surface area (Å²) in [7, 11) is 0. The Bertz CT molecular complexity index is 332. The van der Waals surface area contributed by atoms with Crippen LogP contribution in [0.2, 0.25) is 0 Å². The maximum atomic E-state index is 10.0. The summed E-state index contributed by atoms with van der Waals surface area (Å²) in [6.07, 6.45) is 3.06. The zero-order valence-electron chi connectivity index (χ0n) is 12.1. The average Bonchev–Trinajstić information content (AvgIpc) is 2.45. The third-order valence-corrected chi connectivity index (χ3v) is 3.33. The molecule has 4 heteroatoms. The largest absolute Gasteiger partial charge is 0.396 e. The van der Waals surface area contributed by atoms with E-state index in [1.54, 1.807) is 0 Å². The molecule has 0 aromatic heterocycles. The van der Waals surface area contributed by atoms with Crippen molar-refractivity contribution in [2.45, 2.75) is 38.3 Å². The molecule has 114 valence electrons. The molecule has 1 aromatic carbocycles. The van der Waals surface area contributed by atoms with Crippen LogP contribution in [0.3, 0.4) is 0 Å². The first-order valence-electron chi connectivity index (χ1n) is 7.42. The number of unbranched alkanes of at least 4 members (excludes halogenated alkanes) is 2. The van der Waals surface area contributed by atoms with Gasteiger partial charge in [0.15, 0.2) is 0 Å². The fourth-order valence-corrected chi connectivity index (χ4v) is 2.28. The van der Waals surface area contributed by atoms with Crippen LogP contribution in [0.25, 0.3) is 0 Å². The number of hydrogen-bond donors (Lipinski definition) is 3. The molecule has 20 heavy (non-hydrogen) atoms. The highest BCUT2D eigenvalue weighted by atomic mass is 16.3. The summed E-state index contributed by atoms with van der Waals surface area (Å²) in [5.41, 5.74) is 1.19. The van der Waals surface area contributed by atoms with E-state index in [0.717, 1.165) is 32.2 Å². The number of aliphatic hydroxyl groups excluding tert-OH is 3. The summed E-state index contributed by atoms with van der Waals surface area (Å²) in [4.78, 5) is 2.08. The molecule has 0 heterocycles. The van der Waals surface area contributed by atoms with Crippen molar-refractivity contribution in [1.29, 1.82) is 0 Å². The number of nitrogens with zero attached hydrogens (tertiary/aromatic N) is 1. The lowest BCUT2D eigenvalue weighted by atomic mass is 10.1. The molecule has 0 saturated heterocycles. The summed E-state index contributed by atoms with van der Waals surface area (Å²) in [6.45, 7) is 2.22. The number of hydrogen-bond acceptors (Lipinski definition) is 4. The Hall–Kier alpha value is -0.940. The van der Waals surface area contributed by atoms with Crippen LogP contribution in [0, 0.1) is 0 Å². The van der Waals surface area contributed by atoms with Crippen molar-refractivity contribution in [3.05, 3.63) is 35.9 Å². The SMILES string of the molecule is OCCCCCC(O)CN(CCO)Cc1ccccc1. The minimum Gasteiger partial charge on any atom is -0.396 e. The molecule has 0 spiro atoms. The first kappa shape index (κ1) is 17.1. The van der Waals surface area contributed by atoms with Crippen LogP contribution in [0.1, 0.15) is 31.2 Å². The average molecular weight is 281 g/mol. The zero-order valence-corrected chi connectivity index (χ0v) is 12.1. The first-order chi connectivity index (χ1) is 9.76. The molecule has 0 saturated carbocycles. The maximum absolute atomic E-state index is 10.0. The summed E-state index contributed by atoms with van der Waals surface area (Å²) in [5.74, 6) is 0. The molecule has 0 bridgehead atoms. The van der Waals surface area contributed by atoms with Gasteiger partial charge >= 0.3 is 0 Å². The van der Waals surface area contributed by atoms with Gasteiger partial charge in [-0.3, -0.25) is 4.90 Å². The first-order valence-corrected chi connectivity index (χ1v) is 7.42. The highest BCUT2D eigenvalue weighted by Gasteiger charge is 2.11. The number of rotatable bonds is 11. The summed E-state index contributed by atoms with van der Waals surface area (Å²) in [5, 5.41) is 27.9. The fraction of sp³-hybridized carbons (Fsp3) is 0.625. The van der Waals surface area contributed by atoms with Gasteiger partial charge in [0.25, 0.3) is 0 Å². The lowest BCUT2D eigenvalue weighted by molar-refractivity contribution is 0.0875. The van der Waals surface area contributed by atoms with E-state index in [1.807, 2.05) is 18.2 Å². The Morgan fingerprint density at radius 3 is 2.35 bits per heavy atom. The van der Waals surface area contributed by atoms with Crippen molar-refractivity contribution >= 4 is 0 Å². The molecule has 3 N–H and O–H groups in total. The third kappa shape index (κ3) is 7.60. The molecule has 4 nitrogen and oxygen atoms in total. The van der Waals surface area contributed by atoms with Crippen LogP contribution < -0.4 is 0 Å². The summed E-state index contributed by atoms with van der Waals surface area (Å²) in [6, 6.07) is 10.1. The smallest absolute Gasteiger partial charge is 0.0667 e. The van der Waals surface area contributed by atoms with E-state index in [0.29, 0.717) is 13.1 Å². The van der Waals surface area contributed by atoms with E-state index in [4.69, 9.17) is 10.2 Å². The van der Waals surface area contributed by atoms with Crippen LogP contribution in [0.5, 0.6) is 0 Å². The van der Waals surface area contributed by atoms with E-state index in [1.165, 1.54) is 5.56 Å². The van der Waals surface area contributed by atoms with Gasteiger partial charge < -0.3 is 15.3 Å². The van der Waals surface area contributed by atoms with Gasteiger partial charge in [-0.25, -0.2) is 0 Å². The van der Waals surface area contributed by atoms with Crippen LogP contribution in [0.15, 0.2) is 30.3 Å². The fourth-order valence-electron chi connectivity index (χ4n) is 2.28. The third-order valence-electron chi connectivity index (χ3n) is 3.33. The van der Waals surface area contributed by atoms with Crippen molar-refractivity contribution in [3.8, 4) is 0 Å². The lowest BCUT2D eigenvalue weighted by Crippen LogP contribution is -2.34. The van der Waals surface area contributed by atoms with E-state index in [2.05, 4.69) is 17.0 Å². The summed E-state index contributed by atoms with van der Waals surface area (Å²) >= 11 is 0. The second-order valence-electron chi connectivity index (χ2n) is 5.17. The Morgan fingerprint density at radius 1 is 0.950 bits per heavy atom. The van der Waals surface area contributed by atoms with Crippen LogP contribution >= 0.6 is 0 Å². The quantitative estimate of drug-likeness (QED) is 0.536. The van der Waals surface area contributed by atoms with Gasteiger partial charge in [-0.15, -0.1) is 0 Å². The lowest BCUT2D eigenvalue weighted by Gasteiger charge is -2.24. The molecule has 0 radical (unpaired) electrons. The molecule has 1 aromatic rings. The molecule has 1 rings (SSSR count). The molecule has 0 aliphatic heterocycles. The van der Waals surface area contributed by atoms with Gasteiger partial charge in [0.1, 0.15) is 0 Å². The van der Waals surface area contributed by atoms with Gasteiger partial charge in [-0.05, 0) is 18.4 Å². The topological polar surface area (TPSA) is 63.9 Å². The van der Waals surface area contributed by atoms with Crippen molar-refractivity contribution in [1.82, 2.24) is 4.90 Å². The van der Waals surface area contributed by atoms with Crippen LogP contribution in [-0.2, 0) is 6.54 Å². The monoisotopic (exact) mass is 281 g/mol. The molecular formula is C16H27NO3. The van der Waals surface area contributed by atoms with Gasteiger partial charge in [0, 0.05) is 26.2 Å². The molecule has 1 atom stereocenters. The second kappa shape index (κ2) is 10.8. The van der Waals surface area contributed by atoms with E-state index >= 15 is 0 Å². The van der Waals surface area contributed by atoms with Gasteiger partial charge in [0.05, 0.1) is 12.7 Å². The standard InChI is InChI=1S/C16H27NO3/c18-11-6-2-5-9-16(20)14-17(10-12-19)13-15-7-3-1-4-8-15/h1,3-4,7-8,16,18-20H,2,5-6,9-14H2. The molecule has 0 fully saturated rings. The molecule has 0 amide bonds. The highest BCUT2D eigenvalue weighted by molar-refractivity contribution is 5.14. The van der Waals surface area contributed by atoms with Gasteiger partial charge in [-0.1, -0.05) is 43.2 Å². The molecular weight excluding hydrogens is 254 g/mol. The zero-order chi connectivity index (χ0) is 14.6. The van der Waals surface area contributed by atoms with Crippen LogP contribution in [0.4, 0.5) is 0 Å². The van der Waals surface area contributed by atoms with Crippen molar-refractivity contribution in [2.75, 3.05) is 26.3 Å². The van der Waals surface area contributed by atoms with Gasteiger partial charge in [-0.2, -0.15) is 0 Å². The van der Waals surface area contributed by atoms with E-state index in [9.17, 15) is 5.11 Å². The Labute approximate surface area is 121 Å². The normalized spacial score (nSPS) is 12.8. The Morgan fingerprint density at radius 2 is 1.70 bits per heavy atom. The number of aliphatic hydroxyl groups is 3. The molecule has 1 unspecified atom stereocenters. The highest BCUT2D eigenvalue weighted by Crippen LogP contribution is 2.08. The van der Waals surface area contributed by atoms with Crippen molar-refractivity contribution < 1.29 is 15.3 Å². The Kier molecular flexibility index (Phi) is 9.24. The Balaban J connectivity index is 2.34. The van der Waals surface area contributed by atoms with Gasteiger partial charge in [0.2, 0.25) is 0 Å². The minimum absolute atomic E-state index is 0.101. The molecule has 0 aliphatic rings. The van der Waals surface area contributed by atoms with Crippen LogP contribution in [-0.4, -0.2) is 52.6 Å². The summed E-state index contributed by atoms with van der Waals surface area (Å²) < 4.78 is 0. The van der Waals surface area contributed by atoms with E-state index < -0.39 is 0 Å². The molecule has 0 aliphatic carbocycles. The number of benzene rings is 1.